The van der Waals surface area contributed by atoms with Gasteiger partial charge in [-0.3, -0.25) is 0 Å². The molecule has 1 aliphatic rings. The van der Waals surface area contributed by atoms with Gasteiger partial charge in [-0.2, -0.15) is 0 Å². The molecule has 0 saturated carbocycles. The van der Waals surface area contributed by atoms with E-state index in [-0.39, 0.29) is 6.61 Å². The highest BCUT2D eigenvalue weighted by Crippen LogP contribution is 2.28. The van der Waals surface area contributed by atoms with Gasteiger partial charge >= 0.3 is 0 Å². The number of aliphatic imine (C=N–C) groups is 1. The lowest BCUT2D eigenvalue weighted by molar-refractivity contribution is 0.246. The molecular weight excluding hydrogens is 202 g/mol. The molecular formula is C13H11NO2. The van der Waals surface area contributed by atoms with Crippen LogP contribution in [-0.4, -0.2) is 10.8 Å². The number of rotatable bonds is 2. The van der Waals surface area contributed by atoms with E-state index in [4.69, 9.17) is 9.52 Å². The van der Waals surface area contributed by atoms with Crippen LogP contribution in [0.5, 0.6) is 0 Å². The van der Waals surface area contributed by atoms with Crippen LogP contribution in [0.15, 0.2) is 45.8 Å². The molecule has 0 aliphatic carbocycles. The summed E-state index contributed by atoms with van der Waals surface area (Å²) in [4.78, 5) is 4.51. The topological polar surface area (TPSA) is 45.7 Å². The van der Waals surface area contributed by atoms with E-state index >= 15 is 0 Å². The largest absolute Gasteiger partial charge is 0.457 e. The molecule has 80 valence electrons. The molecule has 3 rings (SSSR count). The van der Waals surface area contributed by atoms with Gasteiger partial charge in [-0.05, 0) is 23.8 Å². The first-order chi connectivity index (χ1) is 7.86. The van der Waals surface area contributed by atoms with Gasteiger partial charge in [0.2, 0.25) is 0 Å². The number of nitrogens with zero attached hydrogens (tertiary/aromatic N) is 1. The highest BCUT2D eigenvalue weighted by Gasteiger charge is 2.17. The minimum Gasteiger partial charge on any atom is -0.457 e. The summed E-state index contributed by atoms with van der Waals surface area (Å²) in [6.45, 7) is -0.0692. The highest BCUT2D eigenvalue weighted by atomic mass is 16.4. The van der Waals surface area contributed by atoms with Crippen molar-refractivity contribution in [1.82, 2.24) is 0 Å². The van der Waals surface area contributed by atoms with Crippen LogP contribution in [0.4, 0.5) is 5.69 Å². The zero-order chi connectivity index (χ0) is 11.0. The number of hydrogen-bond acceptors (Lipinski definition) is 3. The third-order valence-electron chi connectivity index (χ3n) is 2.71. The van der Waals surface area contributed by atoms with E-state index in [0.717, 1.165) is 23.6 Å². The Morgan fingerprint density at radius 3 is 2.81 bits per heavy atom. The van der Waals surface area contributed by atoms with Crippen LogP contribution < -0.4 is 0 Å². The lowest BCUT2D eigenvalue weighted by Crippen LogP contribution is -1.97. The van der Waals surface area contributed by atoms with Crippen molar-refractivity contribution in [2.75, 3.05) is 0 Å². The van der Waals surface area contributed by atoms with Crippen molar-refractivity contribution in [3.63, 3.8) is 0 Å². The monoisotopic (exact) mass is 213 g/mol. The Morgan fingerprint density at radius 2 is 2.06 bits per heavy atom. The standard InChI is InChI=1S/C13H11NO2/c15-8-10-5-6-13(16-10)12-7-9-3-1-2-4-11(9)14-12/h1-6,15H,7-8H2. The van der Waals surface area contributed by atoms with Crippen molar-refractivity contribution in [3.05, 3.63) is 53.5 Å². The molecule has 1 aromatic carbocycles. The molecule has 0 radical (unpaired) electrons. The summed E-state index contributed by atoms with van der Waals surface area (Å²) in [5.41, 5.74) is 3.17. The molecule has 2 heterocycles. The SMILES string of the molecule is OCc1ccc(C2=Nc3ccccc3C2)o1. The van der Waals surface area contributed by atoms with Gasteiger partial charge in [0.1, 0.15) is 18.1 Å². The summed E-state index contributed by atoms with van der Waals surface area (Å²) in [6.07, 6.45) is 0.800. The predicted octanol–water partition coefficient (Wildman–Crippen LogP) is 2.45. The summed E-state index contributed by atoms with van der Waals surface area (Å²) in [5.74, 6) is 1.33. The number of benzene rings is 1. The maximum Gasteiger partial charge on any atom is 0.148 e. The molecule has 0 bridgehead atoms. The zero-order valence-electron chi connectivity index (χ0n) is 8.68. The summed E-state index contributed by atoms with van der Waals surface area (Å²) in [7, 11) is 0. The second-order valence-electron chi connectivity index (χ2n) is 3.79. The Balaban J connectivity index is 1.95. The Hall–Kier alpha value is -1.87. The minimum atomic E-state index is -0.0692. The van der Waals surface area contributed by atoms with Crippen molar-refractivity contribution < 1.29 is 9.52 Å². The summed E-state index contributed by atoms with van der Waals surface area (Å²) >= 11 is 0. The summed E-state index contributed by atoms with van der Waals surface area (Å²) in [5, 5.41) is 8.93. The Kier molecular flexibility index (Phi) is 2.11. The van der Waals surface area contributed by atoms with Crippen molar-refractivity contribution in [2.24, 2.45) is 4.99 Å². The maximum absolute atomic E-state index is 8.93. The van der Waals surface area contributed by atoms with E-state index in [9.17, 15) is 0 Å². The van der Waals surface area contributed by atoms with Crippen molar-refractivity contribution >= 4 is 11.4 Å². The molecule has 2 aromatic rings. The summed E-state index contributed by atoms with van der Waals surface area (Å²) < 4.78 is 5.47. The van der Waals surface area contributed by atoms with E-state index in [0.29, 0.717) is 5.76 Å². The van der Waals surface area contributed by atoms with Gasteiger partial charge in [-0.1, -0.05) is 18.2 Å². The average molecular weight is 213 g/mol. The van der Waals surface area contributed by atoms with Gasteiger partial charge in [0.05, 0.1) is 11.4 Å². The van der Waals surface area contributed by atoms with Gasteiger partial charge in [0.15, 0.2) is 0 Å². The van der Waals surface area contributed by atoms with Crippen molar-refractivity contribution in [1.29, 1.82) is 0 Å². The average Bonchev–Trinajstić information content (AvgIpc) is 2.95. The second-order valence-corrected chi connectivity index (χ2v) is 3.79. The second kappa shape index (κ2) is 3.61. The molecule has 0 atom stereocenters. The molecule has 1 N–H and O–H groups in total. The Labute approximate surface area is 93.1 Å². The predicted molar refractivity (Wildman–Crippen MR) is 61.0 cm³/mol. The quantitative estimate of drug-likeness (QED) is 0.832. The molecule has 3 heteroatoms. The first-order valence-corrected chi connectivity index (χ1v) is 5.22. The molecule has 0 amide bonds. The number of furan rings is 1. The fourth-order valence-electron chi connectivity index (χ4n) is 1.89. The van der Waals surface area contributed by atoms with Crippen LogP contribution in [-0.2, 0) is 13.0 Å². The number of para-hydroxylation sites is 1. The molecule has 1 aromatic heterocycles. The number of aliphatic hydroxyl groups excluding tert-OH is 1. The van der Waals surface area contributed by atoms with Crippen LogP contribution in [0.25, 0.3) is 0 Å². The fraction of sp³-hybridized carbons (Fsp3) is 0.154. The van der Waals surface area contributed by atoms with Crippen LogP contribution in [0.3, 0.4) is 0 Å². The molecule has 16 heavy (non-hydrogen) atoms. The van der Waals surface area contributed by atoms with Crippen LogP contribution in [0.2, 0.25) is 0 Å². The van der Waals surface area contributed by atoms with Crippen LogP contribution >= 0.6 is 0 Å². The maximum atomic E-state index is 8.93. The van der Waals surface area contributed by atoms with E-state index in [1.807, 2.05) is 24.3 Å². The number of aliphatic hydroxyl groups is 1. The Morgan fingerprint density at radius 1 is 1.19 bits per heavy atom. The van der Waals surface area contributed by atoms with Crippen LogP contribution in [0.1, 0.15) is 17.1 Å². The van der Waals surface area contributed by atoms with E-state index in [1.54, 1.807) is 6.07 Å². The van der Waals surface area contributed by atoms with E-state index in [1.165, 1.54) is 5.56 Å². The normalized spacial score (nSPS) is 13.7. The molecule has 1 aliphatic heterocycles. The first kappa shape index (κ1) is 9.36. The smallest absolute Gasteiger partial charge is 0.148 e. The van der Waals surface area contributed by atoms with Gasteiger partial charge in [-0.25, -0.2) is 4.99 Å². The van der Waals surface area contributed by atoms with Gasteiger partial charge < -0.3 is 9.52 Å². The third-order valence-corrected chi connectivity index (χ3v) is 2.71. The van der Waals surface area contributed by atoms with Gasteiger partial charge in [-0.15, -0.1) is 0 Å². The highest BCUT2D eigenvalue weighted by molar-refractivity contribution is 6.04. The Bertz CT molecular complexity index is 555. The van der Waals surface area contributed by atoms with Crippen molar-refractivity contribution in [2.45, 2.75) is 13.0 Å². The summed E-state index contributed by atoms with van der Waals surface area (Å²) in [6, 6.07) is 11.7. The zero-order valence-corrected chi connectivity index (χ0v) is 8.68. The van der Waals surface area contributed by atoms with Crippen LogP contribution in [0, 0.1) is 0 Å². The lowest BCUT2D eigenvalue weighted by atomic mass is 10.1. The van der Waals surface area contributed by atoms with Gasteiger partial charge in [0, 0.05) is 6.42 Å². The number of hydrogen-bond donors (Lipinski definition) is 1. The van der Waals surface area contributed by atoms with Crippen molar-refractivity contribution in [3.8, 4) is 0 Å². The molecule has 0 saturated heterocycles. The van der Waals surface area contributed by atoms with Gasteiger partial charge in [0.25, 0.3) is 0 Å². The minimum absolute atomic E-state index is 0.0692. The molecule has 0 unspecified atom stereocenters. The van der Waals surface area contributed by atoms with E-state index < -0.39 is 0 Å². The third kappa shape index (κ3) is 1.46. The fourth-order valence-corrected chi connectivity index (χ4v) is 1.89. The first-order valence-electron chi connectivity index (χ1n) is 5.22. The van der Waals surface area contributed by atoms with E-state index in [2.05, 4.69) is 11.1 Å². The molecule has 0 fully saturated rings. The molecule has 0 spiro atoms. The lowest BCUT2D eigenvalue weighted by Gasteiger charge is -1.94. The molecule has 3 nitrogen and oxygen atoms in total. The number of fused-ring (bicyclic) bond motifs is 1.